The maximum absolute atomic E-state index is 11.1. The SMILES string of the molecule is CCOC(=O)CCCCCOc1ccc(CCN)cc1. The summed E-state index contributed by atoms with van der Waals surface area (Å²) in [5.74, 6) is 0.778. The van der Waals surface area contributed by atoms with E-state index in [2.05, 4.69) is 0 Å². The number of benzene rings is 1. The zero-order valence-electron chi connectivity index (χ0n) is 12.3. The van der Waals surface area contributed by atoms with E-state index in [1.807, 2.05) is 31.2 Å². The molecule has 0 spiro atoms. The van der Waals surface area contributed by atoms with Gasteiger partial charge in [0.1, 0.15) is 5.75 Å². The maximum Gasteiger partial charge on any atom is 0.305 e. The Hall–Kier alpha value is -1.55. The van der Waals surface area contributed by atoms with Crippen LogP contribution in [-0.2, 0) is 16.0 Å². The first-order chi connectivity index (χ1) is 9.76. The van der Waals surface area contributed by atoms with Crippen molar-refractivity contribution in [2.24, 2.45) is 5.73 Å². The van der Waals surface area contributed by atoms with Crippen LogP contribution in [0.4, 0.5) is 0 Å². The summed E-state index contributed by atoms with van der Waals surface area (Å²) >= 11 is 0. The lowest BCUT2D eigenvalue weighted by Gasteiger charge is -2.07. The van der Waals surface area contributed by atoms with Gasteiger partial charge in [-0.2, -0.15) is 0 Å². The lowest BCUT2D eigenvalue weighted by molar-refractivity contribution is -0.143. The summed E-state index contributed by atoms with van der Waals surface area (Å²) in [6, 6.07) is 8.04. The molecule has 0 heterocycles. The Morgan fingerprint density at radius 2 is 1.90 bits per heavy atom. The van der Waals surface area contributed by atoms with Crippen molar-refractivity contribution < 1.29 is 14.3 Å². The Bertz CT molecular complexity index is 376. The third-order valence-corrected chi connectivity index (χ3v) is 2.96. The third-order valence-electron chi connectivity index (χ3n) is 2.96. The van der Waals surface area contributed by atoms with E-state index in [1.54, 1.807) is 0 Å². The van der Waals surface area contributed by atoms with Crippen molar-refractivity contribution in [1.29, 1.82) is 0 Å². The molecule has 0 aromatic heterocycles. The highest BCUT2D eigenvalue weighted by atomic mass is 16.5. The van der Waals surface area contributed by atoms with Crippen LogP contribution in [0.5, 0.6) is 5.75 Å². The second-order valence-corrected chi connectivity index (χ2v) is 4.65. The van der Waals surface area contributed by atoms with Gasteiger partial charge in [0.25, 0.3) is 0 Å². The fourth-order valence-electron chi connectivity index (χ4n) is 1.89. The van der Waals surface area contributed by atoms with Crippen molar-refractivity contribution in [1.82, 2.24) is 0 Å². The molecule has 0 radical (unpaired) electrons. The van der Waals surface area contributed by atoms with Crippen molar-refractivity contribution in [2.75, 3.05) is 19.8 Å². The van der Waals surface area contributed by atoms with Gasteiger partial charge >= 0.3 is 5.97 Å². The predicted octanol–water partition coefficient (Wildman–Crippen LogP) is 2.69. The average Bonchev–Trinajstić information content (AvgIpc) is 2.45. The number of esters is 1. The molecule has 20 heavy (non-hydrogen) atoms. The molecule has 4 heteroatoms. The summed E-state index contributed by atoms with van der Waals surface area (Å²) in [6.07, 6.45) is 4.18. The maximum atomic E-state index is 11.1. The summed E-state index contributed by atoms with van der Waals surface area (Å²) in [5.41, 5.74) is 6.73. The molecule has 0 aliphatic rings. The number of hydrogen-bond acceptors (Lipinski definition) is 4. The highest BCUT2D eigenvalue weighted by molar-refractivity contribution is 5.69. The molecule has 0 fully saturated rings. The van der Waals surface area contributed by atoms with E-state index >= 15 is 0 Å². The standard InChI is InChI=1S/C16H25NO3/c1-2-19-16(18)6-4-3-5-13-20-15-9-7-14(8-10-15)11-12-17/h7-10H,2-6,11-13,17H2,1H3. The minimum atomic E-state index is -0.107. The molecule has 0 bridgehead atoms. The first-order valence-electron chi connectivity index (χ1n) is 7.33. The third kappa shape index (κ3) is 7.14. The molecule has 2 N–H and O–H groups in total. The molecule has 1 aromatic carbocycles. The molecule has 112 valence electrons. The quantitative estimate of drug-likeness (QED) is 0.528. The van der Waals surface area contributed by atoms with Crippen LogP contribution in [0.2, 0.25) is 0 Å². The molecule has 1 rings (SSSR count). The minimum Gasteiger partial charge on any atom is -0.494 e. The number of hydrogen-bond donors (Lipinski definition) is 1. The number of unbranched alkanes of at least 4 members (excludes halogenated alkanes) is 2. The number of carbonyl (C=O) groups is 1. The molecule has 0 atom stereocenters. The zero-order valence-corrected chi connectivity index (χ0v) is 12.3. The second kappa shape index (κ2) is 10.3. The molecule has 0 saturated heterocycles. The Balaban J connectivity index is 2.07. The lowest BCUT2D eigenvalue weighted by atomic mass is 10.1. The molecular weight excluding hydrogens is 254 g/mol. The summed E-state index contributed by atoms with van der Waals surface area (Å²) in [5, 5.41) is 0. The van der Waals surface area contributed by atoms with Crippen molar-refractivity contribution in [3.8, 4) is 5.75 Å². The van der Waals surface area contributed by atoms with Gasteiger partial charge in [0.15, 0.2) is 0 Å². The van der Waals surface area contributed by atoms with Crippen molar-refractivity contribution in [3.63, 3.8) is 0 Å². The monoisotopic (exact) mass is 279 g/mol. The van der Waals surface area contributed by atoms with Gasteiger partial charge in [-0.05, 0) is 56.8 Å². The van der Waals surface area contributed by atoms with Crippen LogP contribution in [0.1, 0.15) is 38.2 Å². The molecule has 1 aromatic rings. The Labute approximate surface area is 121 Å². The van der Waals surface area contributed by atoms with E-state index in [9.17, 15) is 4.79 Å². The molecule has 4 nitrogen and oxygen atoms in total. The zero-order chi connectivity index (χ0) is 14.6. The van der Waals surface area contributed by atoms with E-state index in [1.165, 1.54) is 5.56 Å². The smallest absolute Gasteiger partial charge is 0.305 e. The first kappa shape index (κ1) is 16.5. The highest BCUT2D eigenvalue weighted by Crippen LogP contribution is 2.13. The Kier molecular flexibility index (Phi) is 8.47. The van der Waals surface area contributed by atoms with Gasteiger partial charge in [0.05, 0.1) is 13.2 Å². The fraction of sp³-hybridized carbons (Fsp3) is 0.562. The molecule has 0 saturated carbocycles. The summed E-state index contributed by atoms with van der Waals surface area (Å²) < 4.78 is 10.5. The van der Waals surface area contributed by atoms with Gasteiger partial charge in [-0.3, -0.25) is 4.79 Å². The molecule has 0 aliphatic carbocycles. The van der Waals surface area contributed by atoms with E-state index < -0.39 is 0 Å². The van der Waals surface area contributed by atoms with Gasteiger partial charge in [-0.1, -0.05) is 12.1 Å². The van der Waals surface area contributed by atoms with Gasteiger partial charge in [-0.15, -0.1) is 0 Å². The van der Waals surface area contributed by atoms with Crippen LogP contribution in [0.25, 0.3) is 0 Å². The van der Waals surface area contributed by atoms with Crippen LogP contribution >= 0.6 is 0 Å². The van der Waals surface area contributed by atoms with Crippen molar-refractivity contribution >= 4 is 5.97 Å². The van der Waals surface area contributed by atoms with Gasteiger partial charge < -0.3 is 15.2 Å². The number of nitrogens with two attached hydrogens (primary N) is 1. The van der Waals surface area contributed by atoms with E-state index in [4.69, 9.17) is 15.2 Å². The largest absolute Gasteiger partial charge is 0.494 e. The van der Waals surface area contributed by atoms with Crippen LogP contribution in [0.3, 0.4) is 0 Å². The van der Waals surface area contributed by atoms with Crippen molar-refractivity contribution in [2.45, 2.75) is 39.0 Å². The van der Waals surface area contributed by atoms with Crippen LogP contribution in [0, 0.1) is 0 Å². The number of carbonyl (C=O) groups excluding carboxylic acids is 1. The summed E-state index contributed by atoms with van der Waals surface area (Å²) in [7, 11) is 0. The Morgan fingerprint density at radius 1 is 1.15 bits per heavy atom. The van der Waals surface area contributed by atoms with E-state index in [0.29, 0.717) is 26.2 Å². The van der Waals surface area contributed by atoms with E-state index in [0.717, 1.165) is 31.4 Å². The number of ether oxygens (including phenoxy) is 2. The molecule has 0 aliphatic heterocycles. The van der Waals surface area contributed by atoms with Crippen LogP contribution in [-0.4, -0.2) is 25.7 Å². The normalized spacial score (nSPS) is 10.3. The number of rotatable bonds is 10. The highest BCUT2D eigenvalue weighted by Gasteiger charge is 2.01. The molecule has 0 unspecified atom stereocenters. The van der Waals surface area contributed by atoms with Gasteiger partial charge in [0.2, 0.25) is 0 Å². The average molecular weight is 279 g/mol. The summed E-state index contributed by atoms with van der Waals surface area (Å²) in [6.45, 7) is 3.63. The second-order valence-electron chi connectivity index (χ2n) is 4.65. The van der Waals surface area contributed by atoms with Gasteiger partial charge in [-0.25, -0.2) is 0 Å². The topological polar surface area (TPSA) is 61.5 Å². The minimum absolute atomic E-state index is 0.107. The Morgan fingerprint density at radius 3 is 2.55 bits per heavy atom. The molecule has 0 amide bonds. The predicted molar refractivity (Wildman–Crippen MR) is 79.8 cm³/mol. The lowest BCUT2D eigenvalue weighted by Crippen LogP contribution is -2.04. The van der Waals surface area contributed by atoms with Crippen LogP contribution < -0.4 is 10.5 Å². The summed E-state index contributed by atoms with van der Waals surface area (Å²) in [4.78, 5) is 11.1. The van der Waals surface area contributed by atoms with Gasteiger partial charge in [0, 0.05) is 6.42 Å². The van der Waals surface area contributed by atoms with E-state index in [-0.39, 0.29) is 5.97 Å². The first-order valence-corrected chi connectivity index (χ1v) is 7.33. The van der Waals surface area contributed by atoms with Crippen molar-refractivity contribution in [3.05, 3.63) is 29.8 Å². The van der Waals surface area contributed by atoms with Crippen LogP contribution in [0.15, 0.2) is 24.3 Å². The fourth-order valence-corrected chi connectivity index (χ4v) is 1.89. The molecular formula is C16H25NO3.